The van der Waals surface area contributed by atoms with Crippen molar-refractivity contribution in [3.63, 3.8) is 0 Å². The van der Waals surface area contributed by atoms with Crippen molar-refractivity contribution in [2.45, 2.75) is 26.3 Å². The molecule has 5 nitrogen and oxygen atoms in total. The number of rotatable bonds is 4. The molecule has 1 N–H and O–H groups in total. The fourth-order valence-electron chi connectivity index (χ4n) is 2.97. The van der Waals surface area contributed by atoms with E-state index in [2.05, 4.69) is 25.8 Å². The van der Waals surface area contributed by atoms with E-state index in [4.69, 9.17) is 11.6 Å². The average Bonchev–Trinajstić information content (AvgIpc) is 2.55. The number of nitrogens with zero attached hydrogens (tertiary/aromatic N) is 3. The van der Waals surface area contributed by atoms with Crippen molar-refractivity contribution in [2.24, 2.45) is 0 Å². The summed E-state index contributed by atoms with van der Waals surface area (Å²) in [6.07, 6.45) is 0. The fourth-order valence-corrected chi connectivity index (χ4v) is 3.22. The molecule has 2 heterocycles. The third-order valence-corrected chi connectivity index (χ3v) is 4.63. The molecule has 6 heteroatoms. The Morgan fingerprint density at radius 2 is 1.92 bits per heavy atom. The molecule has 1 saturated heterocycles. The monoisotopic (exact) mass is 346 g/mol. The number of benzene rings is 1. The topological polar surface area (TPSA) is 52.2 Å². The van der Waals surface area contributed by atoms with Gasteiger partial charge in [-0.25, -0.2) is 4.98 Å². The number of hydrogen-bond acceptors (Lipinski definition) is 4. The Morgan fingerprint density at radius 3 is 2.58 bits per heavy atom. The van der Waals surface area contributed by atoms with Crippen LogP contribution < -0.4 is 10.5 Å². The number of halogens is 1. The van der Waals surface area contributed by atoms with Crippen LogP contribution in [0.2, 0.25) is 5.02 Å². The Bertz CT molecular complexity index is 751. The molecule has 0 bridgehead atoms. The quantitative estimate of drug-likeness (QED) is 0.924. The lowest BCUT2D eigenvalue weighted by Gasteiger charge is -2.36. The minimum Gasteiger partial charge on any atom is -0.368 e. The van der Waals surface area contributed by atoms with Crippen LogP contribution in [0.4, 0.5) is 5.69 Å². The highest BCUT2D eigenvalue weighted by molar-refractivity contribution is 6.33. The molecule has 0 spiro atoms. The smallest absolute Gasteiger partial charge is 0.251 e. The zero-order chi connectivity index (χ0) is 17.1. The van der Waals surface area contributed by atoms with Crippen molar-refractivity contribution in [3.05, 3.63) is 57.2 Å². The zero-order valence-electron chi connectivity index (χ0n) is 14.1. The predicted molar refractivity (Wildman–Crippen MR) is 97.9 cm³/mol. The minimum absolute atomic E-state index is 0.0709. The maximum absolute atomic E-state index is 11.8. The summed E-state index contributed by atoms with van der Waals surface area (Å²) >= 11 is 6.28. The number of aromatic amines is 1. The summed E-state index contributed by atoms with van der Waals surface area (Å²) in [4.78, 5) is 23.8. The zero-order valence-corrected chi connectivity index (χ0v) is 14.9. The maximum Gasteiger partial charge on any atom is 0.251 e. The lowest BCUT2D eigenvalue weighted by atomic mass is 10.2. The summed E-state index contributed by atoms with van der Waals surface area (Å²) < 4.78 is 0. The molecular weight excluding hydrogens is 324 g/mol. The van der Waals surface area contributed by atoms with Crippen molar-refractivity contribution in [1.82, 2.24) is 14.9 Å². The second kappa shape index (κ2) is 7.36. The highest BCUT2D eigenvalue weighted by Gasteiger charge is 2.19. The molecule has 1 aromatic heterocycles. The van der Waals surface area contributed by atoms with Crippen LogP contribution in [0.5, 0.6) is 0 Å². The van der Waals surface area contributed by atoms with E-state index in [-0.39, 0.29) is 11.5 Å². The van der Waals surface area contributed by atoms with Gasteiger partial charge in [0.25, 0.3) is 5.56 Å². The van der Waals surface area contributed by atoms with Gasteiger partial charge < -0.3 is 9.88 Å². The van der Waals surface area contributed by atoms with E-state index < -0.39 is 0 Å². The lowest BCUT2D eigenvalue weighted by Crippen LogP contribution is -2.46. The summed E-state index contributed by atoms with van der Waals surface area (Å²) in [5.41, 5.74) is 1.86. The summed E-state index contributed by atoms with van der Waals surface area (Å²) in [6, 6.07) is 9.56. The Kier molecular flexibility index (Phi) is 5.21. The Labute approximate surface area is 147 Å². The molecule has 0 aliphatic carbocycles. The van der Waals surface area contributed by atoms with E-state index >= 15 is 0 Å². The number of hydrogen-bond donors (Lipinski definition) is 1. The van der Waals surface area contributed by atoms with E-state index in [1.807, 2.05) is 32.0 Å². The molecule has 128 valence electrons. The van der Waals surface area contributed by atoms with Crippen LogP contribution in [0.25, 0.3) is 0 Å². The Balaban J connectivity index is 1.64. The van der Waals surface area contributed by atoms with Gasteiger partial charge in [0.05, 0.1) is 16.4 Å². The first-order chi connectivity index (χ1) is 11.5. The summed E-state index contributed by atoms with van der Waals surface area (Å²) in [7, 11) is 0. The molecule has 24 heavy (non-hydrogen) atoms. The summed E-state index contributed by atoms with van der Waals surface area (Å²) in [5.74, 6) is 0.974. The molecule has 2 aromatic rings. The van der Waals surface area contributed by atoms with E-state index in [9.17, 15) is 4.79 Å². The minimum atomic E-state index is -0.0709. The molecular formula is C18H23ClN4O. The summed E-state index contributed by atoms with van der Waals surface area (Å²) in [6.45, 7) is 8.47. The number of nitrogens with one attached hydrogen (secondary N) is 1. The molecule has 1 aliphatic heterocycles. The third-order valence-electron chi connectivity index (χ3n) is 4.31. The van der Waals surface area contributed by atoms with Gasteiger partial charge in [-0.15, -0.1) is 0 Å². The van der Waals surface area contributed by atoms with Gasteiger partial charge in [0.1, 0.15) is 5.82 Å². The number of para-hydroxylation sites is 1. The van der Waals surface area contributed by atoms with Crippen molar-refractivity contribution in [3.8, 4) is 0 Å². The highest BCUT2D eigenvalue weighted by atomic mass is 35.5. The molecule has 0 amide bonds. The highest BCUT2D eigenvalue weighted by Crippen LogP contribution is 2.26. The van der Waals surface area contributed by atoms with Crippen LogP contribution in [0.15, 0.2) is 35.1 Å². The maximum atomic E-state index is 11.8. The number of piperazine rings is 1. The van der Waals surface area contributed by atoms with Crippen molar-refractivity contribution < 1.29 is 0 Å². The van der Waals surface area contributed by atoms with E-state index in [1.54, 1.807) is 6.07 Å². The number of anilines is 1. The van der Waals surface area contributed by atoms with Gasteiger partial charge in [0, 0.05) is 44.7 Å². The second-order valence-corrected chi connectivity index (χ2v) is 6.90. The van der Waals surface area contributed by atoms with Crippen molar-refractivity contribution in [1.29, 1.82) is 0 Å². The molecule has 0 atom stereocenters. The number of aromatic nitrogens is 2. The van der Waals surface area contributed by atoms with Gasteiger partial charge in [0.2, 0.25) is 0 Å². The van der Waals surface area contributed by atoms with Crippen LogP contribution in [0.3, 0.4) is 0 Å². The first kappa shape index (κ1) is 17.0. The fraction of sp³-hybridized carbons (Fsp3) is 0.444. The molecule has 3 rings (SSSR count). The van der Waals surface area contributed by atoms with Gasteiger partial charge in [-0.3, -0.25) is 9.69 Å². The van der Waals surface area contributed by atoms with Gasteiger partial charge >= 0.3 is 0 Å². The van der Waals surface area contributed by atoms with Gasteiger partial charge in [-0.2, -0.15) is 0 Å². The van der Waals surface area contributed by atoms with Crippen molar-refractivity contribution >= 4 is 17.3 Å². The summed E-state index contributed by atoms with van der Waals surface area (Å²) in [5, 5.41) is 0.795. The number of H-pyrrole nitrogens is 1. The molecule has 0 saturated carbocycles. The average molecular weight is 347 g/mol. The first-order valence-corrected chi connectivity index (χ1v) is 8.72. The molecule has 1 fully saturated rings. The normalized spacial score (nSPS) is 15.9. The van der Waals surface area contributed by atoms with Crippen LogP contribution >= 0.6 is 11.6 Å². The molecule has 1 aliphatic rings. The first-order valence-electron chi connectivity index (χ1n) is 8.35. The largest absolute Gasteiger partial charge is 0.368 e. The molecule has 0 radical (unpaired) electrons. The Hall–Kier alpha value is -1.85. The van der Waals surface area contributed by atoms with Crippen LogP contribution in [-0.4, -0.2) is 41.0 Å². The SMILES string of the molecule is CC(C)c1nc(CN2CCN(c3ccccc3Cl)CC2)cc(=O)[nH]1. The van der Waals surface area contributed by atoms with E-state index in [1.165, 1.54) is 0 Å². The van der Waals surface area contributed by atoms with E-state index in [0.29, 0.717) is 6.54 Å². The van der Waals surface area contributed by atoms with Crippen LogP contribution in [0, 0.1) is 0 Å². The molecule has 1 aromatic carbocycles. The van der Waals surface area contributed by atoms with Crippen molar-refractivity contribution in [2.75, 3.05) is 31.1 Å². The lowest BCUT2D eigenvalue weighted by molar-refractivity contribution is 0.246. The standard InChI is InChI=1S/C18H23ClN4O/c1-13(2)18-20-14(11-17(24)21-18)12-22-7-9-23(10-8-22)16-6-4-3-5-15(16)19/h3-6,11,13H,7-10,12H2,1-2H3,(H,20,21,24). The van der Waals surface area contributed by atoms with Gasteiger partial charge in [0.15, 0.2) is 0 Å². The predicted octanol–water partition coefficient (Wildman–Crippen LogP) is 2.87. The van der Waals surface area contributed by atoms with Gasteiger partial charge in [-0.1, -0.05) is 37.6 Å². The second-order valence-electron chi connectivity index (χ2n) is 6.49. The van der Waals surface area contributed by atoms with E-state index in [0.717, 1.165) is 48.4 Å². The molecule has 0 unspecified atom stereocenters. The van der Waals surface area contributed by atoms with Gasteiger partial charge in [-0.05, 0) is 12.1 Å². The van der Waals surface area contributed by atoms with Crippen LogP contribution in [-0.2, 0) is 6.54 Å². The Morgan fingerprint density at radius 1 is 1.21 bits per heavy atom. The third kappa shape index (κ3) is 3.97. The van der Waals surface area contributed by atoms with Crippen LogP contribution in [0.1, 0.15) is 31.3 Å².